The number of rotatable bonds is 4. The predicted molar refractivity (Wildman–Crippen MR) is 88.9 cm³/mol. The fourth-order valence-corrected chi connectivity index (χ4v) is 3.26. The minimum Gasteiger partial charge on any atom is -0.495 e. The third kappa shape index (κ3) is 3.19. The van der Waals surface area contributed by atoms with E-state index in [1.54, 1.807) is 24.3 Å². The van der Waals surface area contributed by atoms with Crippen molar-refractivity contribution in [1.82, 2.24) is 4.98 Å². The van der Waals surface area contributed by atoms with Crippen LogP contribution in [-0.4, -0.2) is 30.5 Å². The first kappa shape index (κ1) is 15.5. The third-order valence-electron chi connectivity index (χ3n) is 3.72. The van der Waals surface area contributed by atoms with E-state index in [1.807, 2.05) is 25.1 Å². The van der Waals surface area contributed by atoms with Gasteiger partial charge in [0.15, 0.2) is 5.13 Å². The molecule has 1 aromatic carbocycles. The van der Waals surface area contributed by atoms with E-state index >= 15 is 0 Å². The first-order chi connectivity index (χ1) is 11.1. The molecule has 1 aliphatic heterocycles. The van der Waals surface area contributed by atoms with Crippen LogP contribution in [0.3, 0.4) is 0 Å². The number of ether oxygens (including phenoxy) is 1. The molecule has 0 bridgehead atoms. The van der Waals surface area contributed by atoms with Gasteiger partial charge >= 0.3 is 0 Å². The molecule has 2 heterocycles. The van der Waals surface area contributed by atoms with Gasteiger partial charge in [0.2, 0.25) is 11.8 Å². The standard InChI is InChI=1S/C16H17N3O3S/c1-10-8-17-16(23-10)18-15(21)11-7-14(20)19(9-11)12-5-3-4-6-13(12)22-2/h3-6,8,11H,7,9H2,1-2H3,(H,17,18,21)/t11-/m0/s1. The van der Waals surface area contributed by atoms with E-state index in [0.29, 0.717) is 23.1 Å². The quantitative estimate of drug-likeness (QED) is 0.934. The molecule has 0 saturated carbocycles. The van der Waals surface area contributed by atoms with Crippen LogP contribution in [0.4, 0.5) is 10.8 Å². The molecule has 23 heavy (non-hydrogen) atoms. The van der Waals surface area contributed by atoms with Crippen LogP contribution in [0.15, 0.2) is 30.5 Å². The van der Waals surface area contributed by atoms with Gasteiger partial charge in [0.1, 0.15) is 5.75 Å². The van der Waals surface area contributed by atoms with Crippen molar-refractivity contribution in [2.24, 2.45) is 5.92 Å². The van der Waals surface area contributed by atoms with Gasteiger partial charge in [0.25, 0.3) is 0 Å². The number of hydrogen-bond donors (Lipinski definition) is 1. The lowest BCUT2D eigenvalue weighted by atomic mass is 10.1. The number of nitrogens with zero attached hydrogens (tertiary/aromatic N) is 2. The number of benzene rings is 1. The molecule has 1 saturated heterocycles. The van der Waals surface area contributed by atoms with Crippen LogP contribution in [0.1, 0.15) is 11.3 Å². The summed E-state index contributed by atoms with van der Waals surface area (Å²) >= 11 is 1.42. The Labute approximate surface area is 138 Å². The summed E-state index contributed by atoms with van der Waals surface area (Å²) in [4.78, 5) is 31.4. The van der Waals surface area contributed by atoms with Gasteiger partial charge < -0.3 is 15.0 Å². The van der Waals surface area contributed by atoms with Crippen LogP contribution in [0.5, 0.6) is 5.75 Å². The lowest BCUT2D eigenvalue weighted by Crippen LogP contribution is -2.28. The van der Waals surface area contributed by atoms with Crippen LogP contribution in [0.2, 0.25) is 0 Å². The molecule has 1 N–H and O–H groups in total. The van der Waals surface area contributed by atoms with Gasteiger partial charge in [-0.2, -0.15) is 0 Å². The summed E-state index contributed by atoms with van der Waals surface area (Å²) in [6.45, 7) is 2.27. The molecular formula is C16H17N3O3S. The highest BCUT2D eigenvalue weighted by molar-refractivity contribution is 7.15. The van der Waals surface area contributed by atoms with E-state index in [-0.39, 0.29) is 18.2 Å². The minimum atomic E-state index is -0.392. The highest BCUT2D eigenvalue weighted by atomic mass is 32.1. The fourth-order valence-electron chi connectivity index (χ4n) is 2.59. The highest BCUT2D eigenvalue weighted by Crippen LogP contribution is 2.33. The van der Waals surface area contributed by atoms with E-state index < -0.39 is 5.92 Å². The van der Waals surface area contributed by atoms with Crippen LogP contribution >= 0.6 is 11.3 Å². The molecule has 0 radical (unpaired) electrons. The first-order valence-corrected chi connectivity index (χ1v) is 8.07. The van der Waals surface area contributed by atoms with Crippen LogP contribution in [-0.2, 0) is 9.59 Å². The van der Waals surface area contributed by atoms with Gasteiger partial charge in [-0.15, -0.1) is 11.3 Å². The van der Waals surface area contributed by atoms with Crippen LogP contribution in [0.25, 0.3) is 0 Å². The molecule has 3 rings (SSSR count). The zero-order valence-electron chi connectivity index (χ0n) is 12.9. The topological polar surface area (TPSA) is 71.5 Å². The smallest absolute Gasteiger partial charge is 0.231 e. The SMILES string of the molecule is COc1ccccc1N1C[C@@H](C(=O)Nc2ncc(C)s2)CC1=O. The third-order valence-corrected chi connectivity index (χ3v) is 4.55. The summed E-state index contributed by atoms with van der Waals surface area (Å²) in [6.07, 6.45) is 1.90. The molecule has 1 atom stereocenters. The van der Waals surface area contributed by atoms with E-state index in [4.69, 9.17) is 4.74 Å². The van der Waals surface area contributed by atoms with E-state index in [1.165, 1.54) is 11.3 Å². The number of hydrogen-bond acceptors (Lipinski definition) is 5. The molecule has 7 heteroatoms. The molecule has 2 aromatic rings. The largest absolute Gasteiger partial charge is 0.495 e. The Kier molecular flexibility index (Phi) is 4.29. The van der Waals surface area contributed by atoms with Gasteiger partial charge in [0, 0.05) is 24.0 Å². The molecule has 6 nitrogen and oxygen atoms in total. The Morgan fingerprint density at radius 3 is 2.91 bits per heavy atom. The summed E-state index contributed by atoms with van der Waals surface area (Å²) in [5.41, 5.74) is 0.695. The number of carbonyl (C=O) groups excluding carboxylic acids is 2. The van der Waals surface area contributed by atoms with Crippen molar-refractivity contribution in [3.63, 3.8) is 0 Å². The van der Waals surface area contributed by atoms with Crippen molar-refractivity contribution in [3.05, 3.63) is 35.3 Å². The molecule has 0 unspecified atom stereocenters. The number of aryl methyl sites for hydroxylation is 1. The molecule has 2 amide bonds. The summed E-state index contributed by atoms with van der Waals surface area (Å²) in [7, 11) is 1.56. The second-order valence-corrected chi connectivity index (χ2v) is 6.58. The summed E-state index contributed by atoms with van der Waals surface area (Å²) < 4.78 is 5.30. The maximum Gasteiger partial charge on any atom is 0.231 e. The zero-order valence-corrected chi connectivity index (χ0v) is 13.7. The normalized spacial score (nSPS) is 17.4. The Balaban J connectivity index is 1.73. The van der Waals surface area contributed by atoms with Crippen LogP contribution in [0, 0.1) is 12.8 Å². The Hall–Kier alpha value is -2.41. The molecule has 1 fully saturated rings. The average Bonchev–Trinajstić information content (AvgIpc) is 3.13. The van der Waals surface area contributed by atoms with E-state index in [9.17, 15) is 9.59 Å². The lowest BCUT2D eigenvalue weighted by Gasteiger charge is -2.19. The maximum absolute atomic E-state index is 12.3. The predicted octanol–water partition coefficient (Wildman–Crippen LogP) is 2.45. The molecular weight excluding hydrogens is 314 g/mol. The average molecular weight is 331 g/mol. The first-order valence-electron chi connectivity index (χ1n) is 7.25. The number of aromatic nitrogens is 1. The Morgan fingerprint density at radius 2 is 2.22 bits per heavy atom. The summed E-state index contributed by atoms with van der Waals surface area (Å²) in [5.74, 6) is -0.0239. The van der Waals surface area contributed by atoms with Crippen molar-refractivity contribution >= 4 is 34.0 Å². The maximum atomic E-state index is 12.3. The lowest BCUT2D eigenvalue weighted by molar-refractivity contribution is -0.122. The molecule has 120 valence electrons. The van der Waals surface area contributed by atoms with Crippen molar-refractivity contribution < 1.29 is 14.3 Å². The number of nitrogens with one attached hydrogen (secondary N) is 1. The molecule has 0 spiro atoms. The van der Waals surface area contributed by atoms with Gasteiger partial charge in [-0.05, 0) is 19.1 Å². The molecule has 0 aliphatic carbocycles. The van der Waals surface area contributed by atoms with Crippen molar-refractivity contribution in [1.29, 1.82) is 0 Å². The van der Waals surface area contributed by atoms with Crippen LogP contribution < -0.4 is 15.0 Å². The fraction of sp³-hybridized carbons (Fsp3) is 0.312. The monoisotopic (exact) mass is 331 g/mol. The van der Waals surface area contributed by atoms with Gasteiger partial charge in [0.05, 0.1) is 18.7 Å². The molecule has 1 aliphatic rings. The number of thiazole rings is 1. The number of amides is 2. The van der Waals surface area contributed by atoms with Crippen molar-refractivity contribution in [2.75, 3.05) is 23.9 Å². The number of para-hydroxylation sites is 2. The van der Waals surface area contributed by atoms with Gasteiger partial charge in [-0.1, -0.05) is 12.1 Å². The summed E-state index contributed by atoms with van der Waals surface area (Å²) in [6, 6.07) is 7.31. The van der Waals surface area contributed by atoms with E-state index in [2.05, 4.69) is 10.3 Å². The minimum absolute atomic E-state index is 0.0787. The Bertz CT molecular complexity index is 744. The van der Waals surface area contributed by atoms with Crippen molar-refractivity contribution in [2.45, 2.75) is 13.3 Å². The van der Waals surface area contributed by atoms with E-state index in [0.717, 1.165) is 4.88 Å². The second kappa shape index (κ2) is 6.37. The Morgan fingerprint density at radius 1 is 1.43 bits per heavy atom. The second-order valence-electron chi connectivity index (χ2n) is 5.34. The van der Waals surface area contributed by atoms with Gasteiger partial charge in [-0.3, -0.25) is 9.59 Å². The van der Waals surface area contributed by atoms with Crippen molar-refractivity contribution in [3.8, 4) is 5.75 Å². The van der Waals surface area contributed by atoms with Gasteiger partial charge in [-0.25, -0.2) is 4.98 Å². The number of methoxy groups -OCH3 is 1. The highest BCUT2D eigenvalue weighted by Gasteiger charge is 2.36. The summed E-state index contributed by atoms with van der Waals surface area (Å²) in [5, 5.41) is 3.35. The number of carbonyl (C=O) groups is 2. The molecule has 1 aromatic heterocycles. The zero-order chi connectivity index (χ0) is 16.4. The number of anilines is 2.